The Hall–Kier alpha value is -2.07. The van der Waals surface area contributed by atoms with Crippen molar-refractivity contribution < 1.29 is 4.74 Å². The maximum Gasteiger partial charge on any atom is 0.125 e. The first-order chi connectivity index (χ1) is 9.85. The van der Waals surface area contributed by atoms with E-state index in [0.29, 0.717) is 0 Å². The Morgan fingerprint density at radius 3 is 3.10 bits per heavy atom. The molecule has 4 heteroatoms. The molecule has 0 bridgehead atoms. The molecule has 2 aromatic rings. The van der Waals surface area contributed by atoms with Crippen molar-refractivity contribution in [3.8, 4) is 5.75 Å². The van der Waals surface area contributed by atoms with Gasteiger partial charge in [-0.05, 0) is 23.8 Å². The Morgan fingerprint density at radius 2 is 2.20 bits per heavy atom. The molecule has 0 spiro atoms. The Labute approximate surface area is 119 Å². The molecule has 0 saturated heterocycles. The SMILES string of the molecule is CNc1cc(CN2CCOc3ccccc3C2)ccn1. The monoisotopic (exact) mass is 269 g/mol. The second-order valence-corrected chi connectivity index (χ2v) is 4.97. The summed E-state index contributed by atoms with van der Waals surface area (Å²) in [6.45, 7) is 3.51. The van der Waals surface area contributed by atoms with Gasteiger partial charge in [-0.3, -0.25) is 4.90 Å². The average molecular weight is 269 g/mol. The lowest BCUT2D eigenvalue weighted by atomic mass is 10.1. The molecule has 0 fully saturated rings. The van der Waals surface area contributed by atoms with Gasteiger partial charge in [-0.1, -0.05) is 18.2 Å². The minimum Gasteiger partial charge on any atom is -0.492 e. The number of nitrogens with zero attached hydrogens (tertiary/aromatic N) is 2. The Kier molecular flexibility index (Phi) is 3.83. The van der Waals surface area contributed by atoms with Crippen molar-refractivity contribution >= 4 is 5.82 Å². The molecule has 104 valence electrons. The first kappa shape index (κ1) is 12.9. The highest BCUT2D eigenvalue weighted by Gasteiger charge is 2.15. The summed E-state index contributed by atoms with van der Waals surface area (Å²) in [6.07, 6.45) is 1.85. The predicted molar refractivity (Wildman–Crippen MR) is 79.8 cm³/mol. The zero-order valence-electron chi connectivity index (χ0n) is 11.7. The van der Waals surface area contributed by atoms with Crippen LogP contribution in [0.5, 0.6) is 5.75 Å². The van der Waals surface area contributed by atoms with Crippen molar-refractivity contribution in [1.29, 1.82) is 0 Å². The van der Waals surface area contributed by atoms with Crippen LogP contribution in [0, 0.1) is 0 Å². The third kappa shape index (κ3) is 2.91. The van der Waals surface area contributed by atoms with Crippen molar-refractivity contribution in [2.24, 2.45) is 0 Å². The summed E-state index contributed by atoms with van der Waals surface area (Å²) in [5.74, 6) is 1.93. The van der Waals surface area contributed by atoms with Gasteiger partial charge in [0.15, 0.2) is 0 Å². The van der Waals surface area contributed by atoms with Gasteiger partial charge in [0, 0.05) is 38.4 Å². The number of fused-ring (bicyclic) bond motifs is 1. The fourth-order valence-corrected chi connectivity index (χ4v) is 2.48. The Balaban J connectivity index is 1.74. The number of nitrogens with one attached hydrogen (secondary N) is 1. The van der Waals surface area contributed by atoms with Crippen LogP contribution in [0.25, 0.3) is 0 Å². The fraction of sp³-hybridized carbons (Fsp3) is 0.312. The molecule has 0 saturated carbocycles. The number of para-hydroxylation sites is 1. The number of ether oxygens (including phenoxy) is 1. The van der Waals surface area contributed by atoms with Crippen molar-refractivity contribution in [3.63, 3.8) is 0 Å². The third-order valence-corrected chi connectivity index (χ3v) is 3.52. The van der Waals surface area contributed by atoms with E-state index in [0.717, 1.165) is 37.8 Å². The molecule has 0 atom stereocenters. The number of aromatic nitrogens is 1. The zero-order valence-corrected chi connectivity index (χ0v) is 11.7. The number of hydrogen-bond acceptors (Lipinski definition) is 4. The summed E-state index contributed by atoms with van der Waals surface area (Å²) < 4.78 is 5.79. The molecule has 0 radical (unpaired) electrons. The summed E-state index contributed by atoms with van der Waals surface area (Å²) in [5.41, 5.74) is 2.52. The minimum absolute atomic E-state index is 0.737. The first-order valence-electron chi connectivity index (χ1n) is 6.91. The molecular formula is C16H19N3O. The van der Waals surface area contributed by atoms with Gasteiger partial charge in [0.25, 0.3) is 0 Å². The van der Waals surface area contributed by atoms with Crippen LogP contribution in [0.4, 0.5) is 5.82 Å². The zero-order chi connectivity index (χ0) is 13.8. The molecular weight excluding hydrogens is 250 g/mol. The van der Waals surface area contributed by atoms with Crippen LogP contribution in [0.3, 0.4) is 0 Å². The lowest BCUT2D eigenvalue weighted by Gasteiger charge is -2.19. The molecule has 20 heavy (non-hydrogen) atoms. The highest BCUT2D eigenvalue weighted by Crippen LogP contribution is 2.23. The highest BCUT2D eigenvalue weighted by atomic mass is 16.5. The first-order valence-corrected chi connectivity index (χ1v) is 6.91. The molecule has 0 amide bonds. The topological polar surface area (TPSA) is 37.4 Å². The van der Waals surface area contributed by atoms with Crippen LogP contribution in [-0.4, -0.2) is 30.1 Å². The van der Waals surface area contributed by atoms with Crippen molar-refractivity contribution in [2.45, 2.75) is 13.1 Å². The second kappa shape index (κ2) is 5.92. The molecule has 1 aliphatic heterocycles. The van der Waals surface area contributed by atoms with E-state index in [9.17, 15) is 0 Å². The average Bonchev–Trinajstić information content (AvgIpc) is 2.69. The van der Waals surface area contributed by atoms with E-state index in [2.05, 4.69) is 39.5 Å². The van der Waals surface area contributed by atoms with Gasteiger partial charge >= 0.3 is 0 Å². The molecule has 3 rings (SSSR count). The van der Waals surface area contributed by atoms with Gasteiger partial charge in [-0.25, -0.2) is 4.98 Å². The van der Waals surface area contributed by atoms with Crippen molar-refractivity contribution in [1.82, 2.24) is 9.88 Å². The summed E-state index contributed by atoms with van der Waals surface area (Å²) in [6, 6.07) is 12.4. The van der Waals surface area contributed by atoms with Crippen LogP contribution < -0.4 is 10.1 Å². The molecule has 1 aliphatic rings. The Morgan fingerprint density at radius 1 is 1.30 bits per heavy atom. The molecule has 0 aliphatic carbocycles. The normalized spacial score (nSPS) is 15.1. The van der Waals surface area contributed by atoms with Crippen molar-refractivity contribution in [3.05, 3.63) is 53.7 Å². The quantitative estimate of drug-likeness (QED) is 0.929. The van der Waals surface area contributed by atoms with Gasteiger partial charge in [0.05, 0.1) is 0 Å². The van der Waals surface area contributed by atoms with E-state index in [1.165, 1.54) is 11.1 Å². The van der Waals surface area contributed by atoms with Crippen LogP contribution in [0.1, 0.15) is 11.1 Å². The van der Waals surface area contributed by atoms with Crippen LogP contribution in [0.15, 0.2) is 42.6 Å². The summed E-state index contributed by atoms with van der Waals surface area (Å²) >= 11 is 0. The fourth-order valence-electron chi connectivity index (χ4n) is 2.48. The van der Waals surface area contributed by atoms with Gasteiger partial charge in [-0.15, -0.1) is 0 Å². The summed E-state index contributed by atoms with van der Waals surface area (Å²) in [7, 11) is 1.89. The molecule has 1 aromatic heterocycles. The van der Waals surface area contributed by atoms with Crippen LogP contribution >= 0.6 is 0 Å². The third-order valence-electron chi connectivity index (χ3n) is 3.52. The van der Waals surface area contributed by atoms with Gasteiger partial charge in [-0.2, -0.15) is 0 Å². The smallest absolute Gasteiger partial charge is 0.125 e. The predicted octanol–water partition coefficient (Wildman–Crippen LogP) is 2.52. The standard InChI is InChI=1S/C16H19N3O/c1-17-16-10-13(6-7-18-16)11-19-8-9-20-15-5-3-2-4-14(15)12-19/h2-7,10H,8-9,11-12H2,1H3,(H,17,18). The van der Waals surface area contributed by atoms with E-state index in [1.54, 1.807) is 0 Å². The molecule has 1 aromatic carbocycles. The summed E-state index contributed by atoms with van der Waals surface area (Å²) in [4.78, 5) is 6.65. The number of pyridine rings is 1. The lowest BCUT2D eigenvalue weighted by molar-refractivity contribution is 0.219. The number of anilines is 1. The molecule has 4 nitrogen and oxygen atoms in total. The number of hydrogen-bond donors (Lipinski definition) is 1. The molecule has 0 unspecified atom stereocenters. The maximum atomic E-state index is 5.79. The van der Waals surface area contributed by atoms with Gasteiger partial charge < -0.3 is 10.1 Å². The molecule has 1 N–H and O–H groups in total. The van der Waals surface area contributed by atoms with Crippen LogP contribution in [-0.2, 0) is 13.1 Å². The van der Waals surface area contributed by atoms with Crippen molar-refractivity contribution in [2.75, 3.05) is 25.5 Å². The maximum absolute atomic E-state index is 5.79. The van der Waals surface area contributed by atoms with E-state index >= 15 is 0 Å². The number of rotatable bonds is 3. The largest absolute Gasteiger partial charge is 0.492 e. The van der Waals surface area contributed by atoms with Gasteiger partial charge in [0.2, 0.25) is 0 Å². The second-order valence-electron chi connectivity index (χ2n) is 4.97. The lowest BCUT2D eigenvalue weighted by Crippen LogP contribution is -2.25. The van der Waals surface area contributed by atoms with E-state index < -0.39 is 0 Å². The van der Waals surface area contributed by atoms with E-state index in [4.69, 9.17) is 4.74 Å². The van der Waals surface area contributed by atoms with E-state index in [1.807, 2.05) is 25.4 Å². The van der Waals surface area contributed by atoms with Crippen LogP contribution in [0.2, 0.25) is 0 Å². The van der Waals surface area contributed by atoms with Gasteiger partial charge in [0.1, 0.15) is 18.2 Å². The number of benzene rings is 1. The minimum atomic E-state index is 0.737. The van der Waals surface area contributed by atoms with E-state index in [-0.39, 0.29) is 0 Å². The highest BCUT2D eigenvalue weighted by molar-refractivity contribution is 5.37. The molecule has 2 heterocycles. The summed E-state index contributed by atoms with van der Waals surface area (Å²) in [5, 5.41) is 3.08. The Bertz CT molecular complexity index is 585.